The third kappa shape index (κ3) is 4.07. The summed E-state index contributed by atoms with van der Waals surface area (Å²) in [5.41, 5.74) is 1.32. The van der Waals surface area contributed by atoms with Gasteiger partial charge in [-0.2, -0.15) is 0 Å². The molecule has 1 aliphatic rings. The van der Waals surface area contributed by atoms with Gasteiger partial charge in [0.15, 0.2) is 0 Å². The number of hydrogen-bond donors (Lipinski definition) is 1. The van der Waals surface area contributed by atoms with Crippen molar-refractivity contribution in [3.63, 3.8) is 0 Å². The molecule has 0 bridgehead atoms. The lowest BCUT2D eigenvalue weighted by Crippen LogP contribution is -2.62. The molecule has 8 nitrogen and oxygen atoms in total. The van der Waals surface area contributed by atoms with Crippen molar-refractivity contribution in [2.75, 3.05) is 19.0 Å². The standard InChI is InChI=1S/C22H20N4O4/c1-29-19-10-9-16(13-24-19)25-18(27)14-26-20(15-6-5-11-23-12-15)21(22(26)28)30-17-7-3-2-4-8-17/h2-13,20-21H,14H2,1H3,(H,25,27). The molecule has 3 aromatic rings. The normalized spacial score (nSPS) is 17.8. The number of rotatable bonds is 7. The van der Waals surface area contributed by atoms with E-state index in [1.165, 1.54) is 18.2 Å². The highest BCUT2D eigenvalue weighted by molar-refractivity contribution is 5.97. The monoisotopic (exact) mass is 404 g/mol. The van der Waals surface area contributed by atoms with Gasteiger partial charge in [-0.05, 0) is 29.8 Å². The molecule has 2 aromatic heterocycles. The molecule has 1 N–H and O–H groups in total. The van der Waals surface area contributed by atoms with Gasteiger partial charge in [0.05, 0.1) is 19.0 Å². The van der Waals surface area contributed by atoms with E-state index in [-0.39, 0.29) is 18.4 Å². The molecule has 1 aliphatic heterocycles. The molecule has 0 aliphatic carbocycles. The van der Waals surface area contributed by atoms with Crippen LogP contribution in [0.3, 0.4) is 0 Å². The number of nitrogens with zero attached hydrogens (tertiary/aromatic N) is 3. The number of amides is 2. The molecule has 152 valence electrons. The number of carbonyl (C=O) groups excluding carboxylic acids is 2. The molecular weight excluding hydrogens is 384 g/mol. The van der Waals surface area contributed by atoms with Gasteiger partial charge >= 0.3 is 0 Å². The summed E-state index contributed by atoms with van der Waals surface area (Å²) in [5.74, 6) is 0.458. The molecule has 0 spiro atoms. The molecule has 0 radical (unpaired) electrons. The topological polar surface area (TPSA) is 93.7 Å². The van der Waals surface area contributed by atoms with E-state index in [4.69, 9.17) is 9.47 Å². The summed E-state index contributed by atoms with van der Waals surface area (Å²) in [6.07, 6.45) is 4.11. The van der Waals surface area contributed by atoms with Crippen LogP contribution in [0.5, 0.6) is 11.6 Å². The van der Waals surface area contributed by atoms with Crippen LogP contribution in [0.1, 0.15) is 11.6 Å². The SMILES string of the molecule is COc1ccc(NC(=O)CN2C(=O)C(Oc3ccccc3)C2c2cccnc2)cn1. The maximum absolute atomic E-state index is 12.8. The fourth-order valence-corrected chi connectivity index (χ4v) is 3.29. The lowest BCUT2D eigenvalue weighted by molar-refractivity contribution is -0.165. The summed E-state index contributed by atoms with van der Waals surface area (Å²) < 4.78 is 10.9. The highest BCUT2D eigenvalue weighted by Gasteiger charge is 2.50. The fraction of sp³-hybridized carbons (Fsp3) is 0.182. The summed E-state index contributed by atoms with van der Waals surface area (Å²) in [7, 11) is 1.52. The van der Waals surface area contributed by atoms with Gasteiger partial charge in [-0.15, -0.1) is 0 Å². The molecule has 2 amide bonds. The largest absolute Gasteiger partial charge is 0.481 e. The van der Waals surface area contributed by atoms with Crippen LogP contribution in [0.2, 0.25) is 0 Å². The molecule has 1 saturated heterocycles. The Morgan fingerprint density at radius 1 is 1.10 bits per heavy atom. The highest BCUT2D eigenvalue weighted by atomic mass is 16.5. The van der Waals surface area contributed by atoms with E-state index < -0.39 is 12.1 Å². The number of ether oxygens (including phenoxy) is 2. The molecule has 3 heterocycles. The van der Waals surface area contributed by atoms with Gasteiger partial charge in [0, 0.05) is 18.5 Å². The Balaban J connectivity index is 1.48. The van der Waals surface area contributed by atoms with Crippen LogP contribution in [0.15, 0.2) is 73.2 Å². The predicted octanol–water partition coefficient (Wildman–Crippen LogP) is 2.45. The number of aromatic nitrogens is 2. The molecule has 0 saturated carbocycles. The van der Waals surface area contributed by atoms with Crippen molar-refractivity contribution < 1.29 is 19.1 Å². The van der Waals surface area contributed by atoms with Crippen molar-refractivity contribution >= 4 is 17.5 Å². The summed E-state index contributed by atoms with van der Waals surface area (Å²) >= 11 is 0. The number of likely N-dealkylation sites (tertiary alicyclic amines) is 1. The van der Waals surface area contributed by atoms with Gasteiger partial charge in [-0.25, -0.2) is 4.98 Å². The molecule has 4 rings (SSSR count). The van der Waals surface area contributed by atoms with Crippen molar-refractivity contribution in [2.24, 2.45) is 0 Å². The van der Waals surface area contributed by atoms with E-state index in [9.17, 15) is 9.59 Å². The zero-order valence-corrected chi connectivity index (χ0v) is 16.3. The number of anilines is 1. The molecule has 1 aromatic carbocycles. The van der Waals surface area contributed by atoms with E-state index in [1.54, 1.807) is 42.7 Å². The summed E-state index contributed by atoms with van der Waals surface area (Å²) in [5, 5.41) is 2.74. The number of methoxy groups -OCH3 is 1. The Kier molecular flexibility index (Phi) is 5.56. The Hall–Kier alpha value is -3.94. The number of β-lactam (4-membered cyclic amide) rings is 1. The third-order valence-corrected chi connectivity index (χ3v) is 4.72. The quantitative estimate of drug-likeness (QED) is 0.608. The van der Waals surface area contributed by atoms with E-state index in [0.717, 1.165) is 5.56 Å². The maximum Gasteiger partial charge on any atom is 0.267 e. The average molecular weight is 404 g/mol. The second-order valence-electron chi connectivity index (χ2n) is 6.69. The number of nitrogens with one attached hydrogen (secondary N) is 1. The average Bonchev–Trinajstić information content (AvgIpc) is 2.79. The van der Waals surface area contributed by atoms with Crippen LogP contribution in [0.25, 0.3) is 0 Å². The third-order valence-electron chi connectivity index (χ3n) is 4.72. The fourth-order valence-electron chi connectivity index (χ4n) is 3.29. The first kappa shape index (κ1) is 19.4. The minimum atomic E-state index is -0.716. The van der Waals surface area contributed by atoms with E-state index >= 15 is 0 Å². The zero-order chi connectivity index (χ0) is 20.9. The number of hydrogen-bond acceptors (Lipinski definition) is 6. The molecule has 8 heteroatoms. The zero-order valence-electron chi connectivity index (χ0n) is 16.3. The molecule has 30 heavy (non-hydrogen) atoms. The molecule has 2 unspecified atom stereocenters. The van der Waals surface area contributed by atoms with Crippen molar-refractivity contribution in [3.8, 4) is 11.6 Å². The van der Waals surface area contributed by atoms with Crippen molar-refractivity contribution in [3.05, 3.63) is 78.8 Å². The summed E-state index contributed by atoms with van der Waals surface area (Å²) in [6, 6.07) is 15.7. The van der Waals surface area contributed by atoms with Gasteiger partial charge in [-0.3, -0.25) is 14.6 Å². The van der Waals surface area contributed by atoms with Crippen molar-refractivity contribution in [2.45, 2.75) is 12.1 Å². The van der Waals surface area contributed by atoms with Crippen LogP contribution in [0, 0.1) is 0 Å². The smallest absolute Gasteiger partial charge is 0.267 e. The van der Waals surface area contributed by atoms with Crippen LogP contribution < -0.4 is 14.8 Å². The Bertz CT molecular complexity index is 1010. The summed E-state index contributed by atoms with van der Waals surface area (Å²) in [4.78, 5) is 35.0. The lowest BCUT2D eigenvalue weighted by atomic mass is 9.91. The van der Waals surface area contributed by atoms with E-state index in [2.05, 4.69) is 15.3 Å². The molecule has 2 atom stereocenters. The number of pyridine rings is 2. The summed E-state index contributed by atoms with van der Waals surface area (Å²) in [6.45, 7) is -0.112. The van der Waals surface area contributed by atoms with Gasteiger partial charge in [0.2, 0.25) is 17.9 Å². The lowest BCUT2D eigenvalue weighted by Gasteiger charge is -2.46. The van der Waals surface area contributed by atoms with E-state index in [1.807, 2.05) is 24.3 Å². The van der Waals surface area contributed by atoms with E-state index in [0.29, 0.717) is 17.3 Å². The highest BCUT2D eigenvalue weighted by Crippen LogP contribution is 2.37. The minimum absolute atomic E-state index is 0.112. The van der Waals surface area contributed by atoms with Crippen molar-refractivity contribution in [1.29, 1.82) is 0 Å². The second-order valence-corrected chi connectivity index (χ2v) is 6.69. The van der Waals surface area contributed by atoms with Gasteiger partial charge in [0.1, 0.15) is 18.3 Å². The predicted molar refractivity (Wildman–Crippen MR) is 109 cm³/mol. The number of benzene rings is 1. The first-order chi connectivity index (χ1) is 14.7. The minimum Gasteiger partial charge on any atom is -0.481 e. The van der Waals surface area contributed by atoms with Gasteiger partial charge in [-0.1, -0.05) is 24.3 Å². The number of para-hydroxylation sites is 1. The van der Waals surface area contributed by atoms with Crippen LogP contribution in [0.4, 0.5) is 5.69 Å². The maximum atomic E-state index is 12.8. The first-order valence-corrected chi connectivity index (χ1v) is 9.37. The van der Waals surface area contributed by atoms with Crippen LogP contribution >= 0.6 is 0 Å². The van der Waals surface area contributed by atoms with Crippen molar-refractivity contribution in [1.82, 2.24) is 14.9 Å². The van der Waals surface area contributed by atoms with Crippen LogP contribution in [-0.4, -0.2) is 46.4 Å². The molecule has 1 fully saturated rings. The Morgan fingerprint density at radius 2 is 1.93 bits per heavy atom. The number of carbonyl (C=O) groups is 2. The van der Waals surface area contributed by atoms with Gasteiger partial charge in [0.25, 0.3) is 5.91 Å². The van der Waals surface area contributed by atoms with Crippen LogP contribution in [-0.2, 0) is 9.59 Å². The van der Waals surface area contributed by atoms with Gasteiger partial charge < -0.3 is 19.7 Å². The molecular formula is C22H20N4O4. The Labute approximate surface area is 173 Å². The first-order valence-electron chi connectivity index (χ1n) is 9.37. The second kappa shape index (κ2) is 8.60. The Morgan fingerprint density at radius 3 is 2.60 bits per heavy atom.